The number of hydrogen-bond donors (Lipinski definition) is 4. The van der Waals surface area contributed by atoms with Crippen molar-refractivity contribution in [2.45, 2.75) is 44.4 Å². The molecule has 1 aliphatic rings. The third-order valence-electron chi connectivity index (χ3n) is 4.89. The maximum atomic E-state index is 12.3. The molecule has 1 aromatic rings. The fourth-order valence-electron chi connectivity index (χ4n) is 3.01. The Morgan fingerprint density at radius 2 is 1.76 bits per heavy atom. The smallest absolute Gasteiger partial charge is 0.253 e. The molecule has 9 nitrogen and oxygen atoms in total. The Bertz CT molecular complexity index is 935. The molecule has 1 atom stereocenters. The number of nitrogens with zero attached hydrogens (tertiary/aromatic N) is 1. The quantitative estimate of drug-likeness (QED) is 0.200. The molecule has 2 rings (SSSR count). The zero-order chi connectivity index (χ0) is 24.4. The van der Waals surface area contributed by atoms with Gasteiger partial charge in [0.25, 0.3) is 11.8 Å². The van der Waals surface area contributed by atoms with E-state index in [0.29, 0.717) is 42.3 Å². The Labute approximate surface area is 202 Å². The summed E-state index contributed by atoms with van der Waals surface area (Å²) < 4.78 is 0. The van der Waals surface area contributed by atoms with Gasteiger partial charge in [-0.3, -0.25) is 28.9 Å². The molecule has 0 radical (unpaired) electrons. The van der Waals surface area contributed by atoms with E-state index in [4.69, 9.17) is 11.6 Å². The number of imide groups is 1. The van der Waals surface area contributed by atoms with Crippen molar-refractivity contribution in [3.05, 3.63) is 40.9 Å². The van der Waals surface area contributed by atoms with Crippen molar-refractivity contribution in [1.29, 1.82) is 0 Å². The number of hydrogen-bond acceptors (Lipinski definition) is 6. The first-order valence-corrected chi connectivity index (χ1v) is 11.5. The molecule has 1 aromatic carbocycles. The molecule has 33 heavy (non-hydrogen) atoms. The second-order valence-corrected chi connectivity index (χ2v) is 8.22. The van der Waals surface area contributed by atoms with Crippen LogP contribution in [0.5, 0.6) is 0 Å². The van der Waals surface area contributed by atoms with Gasteiger partial charge in [0.05, 0.1) is 6.54 Å². The minimum Gasteiger partial charge on any atom is -0.347 e. The van der Waals surface area contributed by atoms with E-state index in [0.717, 1.165) is 10.5 Å². The molecule has 0 aliphatic carbocycles. The van der Waals surface area contributed by atoms with Crippen LogP contribution in [-0.4, -0.2) is 53.6 Å². The molecular weight excluding hydrogens is 468 g/mol. The second kappa shape index (κ2) is 13.0. The topological polar surface area (TPSA) is 125 Å². The molecule has 11 heteroatoms. The van der Waals surface area contributed by atoms with Crippen LogP contribution < -0.4 is 16.0 Å². The number of carbonyl (C=O) groups excluding carboxylic acids is 5. The van der Waals surface area contributed by atoms with Crippen molar-refractivity contribution < 1.29 is 24.0 Å². The molecule has 0 aromatic heterocycles. The summed E-state index contributed by atoms with van der Waals surface area (Å²) in [4.78, 5) is 60.2. The molecule has 0 saturated heterocycles. The minimum absolute atomic E-state index is 0.215. The molecular formula is C22H27ClN4O5S. The lowest BCUT2D eigenvalue weighted by Crippen LogP contribution is -2.45. The van der Waals surface area contributed by atoms with Crippen LogP contribution >= 0.6 is 24.2 Å². The summed E-state index contributed by atoms with van der Waals surface area (Å²) in [7, 11) is 0. The van der Waals surface area contributed by atoms with Crippen molar-refractivity contribution in [1.82, 2.24) is 15.5 Å². The van der Waals surface area contributed by atoms with Crippen LogP contribution in [0.4, 0.5) is 5.69 Å². The van der Waals surface area contributed by atoms with Crippen LogP contribution in [0.2, 0.25) is 5.02 Å². The van der Waals surface area contributed by atoms with E-state index in [1.54, 1.807) is 18.2 Å². The van der Waals surface area contributed by atoms with Crippen molar-refractivity contribution in [3.8, 4) is 0 Å². The van der Waals surface area contributed by atoms with Gasteiger partial charge in [0, 0.05) is 41.6 Å². The zero-order valence-electron chi connectivity index (χ0n) is 18.2. The number of anilines is 1. The number of unbranched alkanes of at least 4 members (excludes halogenated alkanes) is 2. The van der Waals surface area contributed by atoms with Gasteiger partial charge < -0.3 is 16.0 Å². The largest absolute Gasteiger partial charge is 0.347 e. The van der Waals surface area contributed by atoms with Gasteiger partial charge in [-0.2, -0.15) is 12.6 Å². The van der Waals surface area contributed by atoms with Crippen molar-refractivity contribution in [2.75, 3.05) is 18.4 Å². The molecule has 1 heterocycles. The molecule has 178 valence electrons. The van der Waals surface area contributed by atoms with Gasteiger partial charge in [-0.1, -0.05) is 24.1 Å². The number of benzene rings is 1. The third-order valence-corrected chi connectivity index (χ3v) is 5.59. The number of rotatable bonds is 12. The van der Waals surface area contributed by atoms with Crippen molar-refractivity contribution in [2.24, 2.45) is 0 Å². The van der Waals surface area contributed by atoms with E-state index in [1.165, 1.54) is 19.1 Å². The highest BCUT2D eigenvalue weighted by Crippen LogP contribution is 2.22. The molecule has 0 spiro atoms. The molecule has 3 N–H and O–H groups in total. The van der Waals surface area contributed by atoms with Crippen LogP contribution in [0, 0.1) is 0 Å². The van der Waals surface area contributed by atoms with Gasteiger partial charge in [-0.15, -0.1) is 0 Å². The van der Waals surface area contributed by atoms with E-state index >= 15 is 0 Å². The Balaban J connectivity index is 1.60. The number of nitrogens with one attached hydrogen (secondary N) is 3. The Morgan fingerprint density at radius 1 is 1.06 bits per heavy atom. The summed E-state index contributed by atoms with van der Waals surface area (Å²) >= 11 is 10.3. The lowest BCUT2D eigenvalue weighted by atomic mass is 10.2. The molecule has 0 bridgehead atoms. The standard InChI is InChI=1S/C22H27ClN4O5S/c1-14(22(32)26-16-7-6-15(13-33)17(23)11-16)25-19(29)12-24-18(28)5-3-2-4-10-27-20(30)8-9-21(27)31/h6-9,11,14,33H,2-5,10,12-13H2,1H3,(H,24,28)(H,25,29)(H,26,32). The first-order valence-electron chi connectivity index (χ1n) is 10.5. The Hall–Kier alpha value is -2.85. The Kier molecular flexibility index (Phi) is 10.4. The number of amides is 5. The van der Waals surface area contributed by atoms with Crippen molar-refractivity contribution in [3.63, 3.8) is 0 Å². The normalized spacial score (nSPS) is 13.7. The van der Waals surface area contributed by atoms with Crippen LogP contribution in [-0.2, 0) is 29.7 Å². The monoisotopic (exact) mass is 494 g/mol. The molecule has 0 saturated carbocycles. The second-order valence-electron chi connectivity index (χ2n) is 7.49. The highest BCUT2D eigenvalue weighted by molar-refractivity contribution is 7.79. The van der Waals surface area contributed by atoms with E-state index in [9.17, 15) is 24.0 Å². The maximum absolute atomic E-state index is 12.3. The third kappa shape index (κ3) is 8.54. The summed E-state index contributed by atoms with van der Waals surface area (Å²) in [6.45, 7) is 1.60. The van der Waals surface area contributed by atoms with Gasteiger partial charge in [-0.25, -0.2) is 0 Å². The predicted molar refractivity (Wildman–Crippen MR) is 128 cm³/mol. The predicted octanol–water partition coefficient (Wildman–Crippen LogP) is 1.81. The van der Waals surface area contributed by atoms with E-state index in [1.807, 2.05) is 0 Å². The van der Waals surface area contributed by atoms with Crippen LogP contribution in [0.1, 0.15) is 38.2 Å². The number of carbonyl (C=O) groups is 5. The highest BCUT2D eigenvalue weighted by Gasteiger charge is 2.22. The molecule has 1 aliphatic heterocycles. The first-order chi connectivity index (χ1) is 15.7. The maximum Gasteiger partial charge on any atom is 0.253 e. The fourth-order valence-corrected chi connectivity index (χ4v) is 3.63. The molecule has 0 fully saturated rings. The van der Waals surface area contributed by atoms with Crippen LogP contribution in [0.15, 0.2) is 30.4 Å². The van der Waals surface area contributed by atoms with E-state index < -0.39 is 17.9 Å². The summed E-state index contributed by atoms with van der Waals surface area (Å²) in [5.74, 6) is -1.37. The average molecular weight is 495 g/mol. The molecule has 1 unspecified atom stereocenters. The van der Waals surface area contributed by atoms with Gasteiger partial charge >= 0.3 is 0 Å². The first kappa shape index (κ1) is 26.4. The van der Waals surface area contributed by atoms with Gasteiger partial charge in [0.15, 0.2) is 0 Å². The summed E-state index contributed by atoms with van der Waals surface area (Å²) in [5.41, 5.74) is 1.34. The van der Waals surface area contributed by atoms with Gasteiger partial charge in [-0.05, 0) is 37.5 Å². The Morgan fingerprint density at radius 3 is 2.39 bits per heavy atom. The van der Waals surface area contributed by atoms with Crippen LogP contribution in [0.25, 0.3) is 0 Å². The molecule has 5 amide bonds. The lowest BCUT2D eigenvalue weighted by molar-refractivity contribution is -0.137. The van der Waals surface area contributed by atoms with Gasteiger partial charge in [0.1, 0.15) is 6.04 Å². The minimum atomic E-state index is -0.816. The summed E-state index contributed by atoms with van der Waals surface area (Å²) in [6, 6.07) is 4.24. The van der Waals surface area contributed by atoms with Crippen LogP contribution in [0.3, 0.4) is 0 Å². The van der Waals surface area contributed by atoms with E-state index in [-0.39, 0.29) is 30.7 Å². The summed E-state index contributed by atoms with van der Waals surface area (Å²) in [5, 5.41) is 8.18. The zero-order valence-corrected chi connectivity index (χ0v) is 19.9. The van der Waals surface area contributed by atoms with Gasteiger partial charge in [0.2, 0.25) is 17.7 Å². The SMILES string of the molecule is CC(NC(=O)CNC(=O)CCCCCN1C(=O)C=CC1=O)C(=O)Nc1ccc(CS)c(Cl)c1. The van der Waals surface area contributed by atoms with E-state index in [2.05, 4.69) is 28.6 Å². The summed E-state index contributed by atoms with van der Waals surface area (Å²) in [6.07, 6.45) is 4.51. The fraction of sp³-hybridized carbons (Fsp3) is 0.409. The number of halogens is 1. The average Bonchev–Trinajstić information content (AvgIpc) is 3.09. The number of thiol groups is 1. The highest BCUT2D eigenvalue weighted by atomic mass is 35.5. The lowest BCUT2D eigenvalue weighted by Gasteiger charge is -2.15. The van der Waals surface area contributed by atoms with Crippen molar-refractivity contribution >= 4 is 59.5 Å².